The van der Waals surface area contributed by atoms with E-state index < -0.39 is 5.54 Å². The van der Waals surface area contributed by atoms with Crippen LogP contribution in [0.1, 0.15) is 321 Å². The Hall–Kier alpha value is -4.58. The number of unbranched alkanes of at least 4 members (excludes halogenated alkanes) is 22. The zero-order chi connectivity index (χ0) is 68.2. The third-order valence-electron chi connectivity index (χ3n) is 21.0. The molecular weight excluding hydrogens is 1250 g/mol. The van der Waals surface area contributed by atoms with Gasteiger partial charge in [0.05, 0.1) is 37.8 Å². The topological polar surface area (TPSA) is 71.6 Å². The fraction of sp³-hybridized carbons (Fsp3) is 0.605. The molecule has 0 saturated carbocycles. The number of carbonyl (C=O) groups is 2. The van der Waals surface area contributed by atoms with Gasteiger partial charge in [-0.2, -0.15) is 0 Å². The normalized spacial score (nSPS) is 14.6. The van der Waals surface area contributed by atoms with Crippen molar-refractivity contribution in [2.75, 3.05) is 13.1 Å². The number of rotatable bonds is 45. The standard InChI is InChI=1S/C86H124N4O2S4/c1-12-18-24-30-32-36-42-62(40-34-26-20-14-3)60-88-81(79-80(84(88)92)82(77-55-53-74(95-77)75-56-57-78(96-75)85(7,8)9)89(83(79)91)61-63(41-35-27-21-15-4)43-37-33-31-25-19-13-2)76-54-52-73(94-76)72-51-50-71(93-72)64-46-48-67-68-49-47-65(86(10,11)87)59-70(68)90(69(67)58-64)66(44-38-28-22-16-5)45-39-29-23-17-6/h46-59,62-63,66H,12-45,60-61,87H2,1-11H3. The number of hydrogen-bond donors (Lipinski definition) is 1. The molecule has 0 spiro atoms. The van der Waals surface area contributed by atoms with E-state index in [1.165, 1.54) is 255 Å². The van der Waals surface area contributed by atoms with Crippen LogP contribution in [-0.4, -0.2) is 39.3 Å². The highest BCUT2D eigenvalue weighted by atomic mass is 32.1. The Morgan fingerprint density at radius 1 is 0.375 bits per heavy atom. The van der Waals surface area contributed by atoms with Crippen LogP contribution in [0.2, 0.25) is 0 Å². The number of amides is 2. The summed E-state index contributed by atoms with van der Waals surface area (Å²) in [5.74, 6) is 0.749. The Morgan fingerprint density at radius 3 is 1.14 bits per heavy atom. The van der Waals surface area contributed by atoms with Crippen LogP contribution in [0.15, 0.2) is 96.1 Å². The molecule has 0 radical (unpaired) electrons. The predicted molar refractivity (Wildman–Crippen MR) is 424 cm³/mol. The molecule has 0 fully saturated rings. The lowest BCUT2D eigenvalue weighted by molar-refractivity contribution is -0.124. The van der Waals surface area contributed by atoms with E-state index in [9.17, 15) is 0 Å². The van der Waals surface area contributed by atoms with Crippen molar-refractivity contribution in [1.82, 2.24) is 14.4 Å². The molecule has 524 valence electrons. The molecule has 2 atom stereocenters. The summed E-state index contributed by atoms with van der Waals surface area (Å²) in [5, 5.41) is 2.63. The average molecular weight is 1370 g/mol. The molecule has 0 saturated heterocycles. The van der Waals surface area contributed by atoms with E-state index in [0.29, 0.717) is 42.1 Å². The molecule has 10 heteroatoms. The second kappa shape index (κ2) is 37.2. The first-order valence-corrected chi connectivity index (χ1v) is 42.2. The number of hydrogen-bond acceptors (Lipinski definition) is 7. The van der Waals surface area contributed by atoms with Gasteiger partial charge in [0.2, 0.25) is 0 Å². The molecule has 2 aliphatic heterocycles. The molecule has 0 aliphatic carbocycles. The molecule has 2 unspecified atom stereocenters. The van der Waals surface area contributed by atoms with Crippen LogP contribution in [0.4, 0.5) is 0 Å². The molecule has 2 aromatic carbocycles. The number of benzene rings is 2. The van der Waals surface area contributed by atoms with E-state index in [2.05, 4.69) is 175 Å². The molecule has 5 aromatic heterocycles. The van der Waals surface area contributed by atoms with E-state index in [1.807, 2.05) is 22.7 Å². The highest BCUT2D eigenvalue weighted by Gasteiger charge is 2.50. The van der Waals surface area contributed by atoms with Crippen LogP contribution in [0.3, 0.4) is 0 Å². The molecule has 7 aromatic rings. The molecule has 0 bridgehead atoms. The fourth-order valence-corrected chi connectivity index (χ4v) is 19.7. The minimum Gasteiger partial charge on any atom is -0.337 e. The molecule has 7 heterocycles. The maximum absolute atomic E-state index is 16.3. The second-order valence-electron chi connectivity index (χ2n) is 30.6. The SMILES string of the molecule is CCCCCCCCC(CCCCCC)CN1C(=O)C2=C(c3ccc(-c4ccc(C(C)(C)C)s4)s3)N(CC(CCCCCC)CCCCCCCC)C(=O)C2=C1c1ccc(-c2ccc(-c3ccc4c5ccc(C(C)(C)N)cc5n(C(CCCCCC)CCCCCC)c4c3)s2)s1. The van der Waals surface area contributed by atoms with Crippen LogP contribution < -0.4 is 5.73 Å². The number of carbonyl (C=O) groups excluding carboxylic acids is 2. The van der Waals surface area contributed by atoms with E-state index in [4.69, 9.17) is 5.73 Å². The van der Waals surface area contributed by atoms with Crippen molar-refractivity contribution >= 4 is 90.4 Å². The van der Waals surface area contributed by atoms with Gasteiger partial charge in [0.1, 0.15) is 0 Å². The van der Waals surface area contributed by atoms with Gasteiger partial charge < -0.3 is 20.1 Å². The van der Waals surface area contributed by atoms with Gasteiger partial charge in [0.25, 0.3) is 11.8 Å². The van der Waals surface area contributed by atoms with Crippen LogP contribution in [0.25, 0.3) is 63.1 Å². The molecule has 2 aliphatic rings. The Morgan fingerprint density at radius 2 is 0.719 bits per heavy atom. The molecular formula is C86H124N4O2S4. The summed E-state index contributed by atoms with van der Waals surface area (Å²) >= 11 is 7.28. The van der Waals surface area contributed by atoms with Gasteiger partial charge in [-0.25, -0.2) is 0 Å². The van der Waals surface area contributed by atoms with Crippen molar-refractivity contribution in [3.05, 3.63) is 116 Å². The zero-order valence-electron chi connectivity index (χ0n) is 61.6. The molecule has 6 nitrogen and oxygen atoms in total. The number of aromatic nitrogens is 1. The van der Waals surface area contributed by atoms with Gasteiger partial charge in [-0.1, -0.05) is 266 Å². The van der Waals surface area contributed by atoms with Crippen LogP contribution in [0.5, 0.6) is 0 Å². The first-order valence-electron chi connectivity index (χ1n) is 38.9. The van der Waals surface area contributed by atoms with Crippen molar-refractivity contribution in [2.24, 2.45) is 17.6 Å². The van der Waals surface area contributed by atoms with E-state index >= 15 is 9.59 Å². The lowest BCUT2D eigenvalue weighted by Gasteiger charge is -2.29. The van der Waals surface area contributed by atoms with Gasteiger partial charge in [0, 0.05) is 70.2 Å². The minimum absolute atomic E-state index is 0.0251. The summed E-state index contributed by atoms with van der Waals surface area (Å²) in [6, 6.07) is 32.9. The second-order valence-corrected chi connectivity index (χ2v) is 35.0. The van der Waals surface area contributed by atoms with Gasteiger partial charge in [-0.15, -0.1) is 45.3 Å². The molecule has 2 amide bonds. The third kappa shape index (κ3) is 19.5. The smallest absolute Gasteiger partial charge is 0.261 e. The quantitative estimate of drug-likeness (QED) is 0.0387. The zero-order valence-corrected chi connectivity index (χ0v) is 64.9. The lowest BCUT2D eigenvalue weighted by Crippen LogP contribution is -2.34. The number of nitrogens with two attached hydrogens (primary N) is 1. The fourth-order valence-electron chi connectivity index (χ4n) is 15.3. The van der Waals surface area contributed by atoms with Crippen LogP contribution >= 0.6 is 45.3 Å². The third-order valence-corrected chi connectivity index (χ3v) is 26.2. The Kier molecular flexibility index (Phi) is 29.3. The molecule has 9 rings (SSSR count). The van der Waals surface area contributed by atoms with Crippen LogP contribution in [-0.2, 0) is 20.5 Å². The highest BCUT2D eigenvalue weighted by Crippen LogP contribution is 2.52. The molecule has 2 N–H and O–H groups in total. The van der Waals surface area contributed by atoms with Gasteiger partial charge in [-0.3, -0.25) is 9.59 Å². The summed E-state index contributed by atoms with van der Waals surface area (Å²) in [4.78, 5) is 46.5. The summed E-state index contributed by atoms with van der Waals surface area (Å²) in [6.07, 6.45) is 41.6. The average Bonchev–Trinajstić information content (AvgIpc) is 1.56. The summed E-state index contributed by atoms with van der Waals surface area (Å²) < 4.78 is 2.74. The monoisotopic (exact) mass is 1370 g/mol. The van der Waals surface area contributed by atoms with Crippen molar-refractivity contribution < 1.29 is 9.59 Å². The summed E-state index contributed by atoms with van der Waals surface area (Å²) in [7, 11) is 0. The Bertz CT molecular complexity index is 3610. The highest BCUT2D eigenvalue weighted by molar-refractivity contribution is 7.24. The Labute approximate surface area is 598 Å². The Balaban J connectivity index is 1.15. The predicted octanol–water partition coefficient (Wildman–Crippen LogP) is 27.5. The van der Waals surface area contributed by atoms with Crippen molar-refractivity contribution in [1.29, 1.82) is 0 Å². The summed E-state index contributed by atoms with van der Waals surface area (Å²) in [6.45, 7) is 26.3. The summed E-state index contributed by atoms with van der Waals surface area (Å²) in [5.41, 5.74) is 14.5. The minimum atomic E-state index is -0.450. The van der Waals surface area contributed by atoms with E-state index in [1.54, 1.807) is 22.7 Å². The van der Waals surface area contributed by atoms with Crippen molar-refractivity contribution in [2.45, 2.75) is 311 Å². The maximum Gasteiger partial charge on any atom is 0.261 e. The van der Waals surface area contributed by atoms with Crippen molar-refractivity contribution in [3.8, 4) is 29.9 Å². The van der Waals surface area contributed by atoms with Gasteiger partial charge in [-0.05, 0) is 141 Å². The van der Waals surface area contributed by atoms with Gasteiger partial charge in [0.15, 0.2) is 0 Å². The van der Waals surface area contributed by atoms with Gasteiger partial charge >= 0.3 is 0 Å². The largest absolute Gasteiger partial charge is 0.337 e. The number of fused-ring (bicyclic) bond motifs is 4. The van der Waals surface area contributed by atoms with E-state index in [0.717, 1.165) is 46.8 Å². The van der Waals surface area contributed by atoms with Crippen molar-refractivity contribution in [3.63, 3.8) is 0 Å². The first-order chi connectivity index (χ1) is 46.5. The van der Waals surface area contributed by atoms with Crippen LogP contribution in [0, 0.1) is 11.8 Å². The number of thiophene rings is 4. The van der Waals surface area contributed by atoms with E-state index in [-0.39, 0.29) is 17.2 Å². The number of nitrogens with zero attached hydrogens (tertiary/aromatic N) is 3. The first kappa shape index (κ1) is 75.6. The maximum atomic E-state index is 16.3. The molecule has 96 heavy (non-hydrogen) atoms. The lowest BCUT2D eigenvalue weighted by atomic mass is 9.93.